The Labute approximate surface area is 129 Å². The fourth-order valence-electron chi connectivity index (χ4n) is 2.34. The van der Waals surface area contributed by atoms with E-state index in [9.17, 15) is 0 Å². The van der Waals surface area contributed by atoms with Gasteiger partial charge in [-0.15, -0.1) is 0 Å². The van der Waals surface area contributed by atoms with Gasteiger partial charge in [0.1, 0.15) is 5.75 Å². The summed E-state index contributed by atoms with van der Waals surface area (Å²) in [5.41, 5.74) is 3.69. The molecular weight excluding hydrogens is 314 g/mol. The van der Waals surface area contributed by atoms with Gasteiger partial charge in [-0.25, -0.2) is 0 Å². The Kier molecular flexibility index (Phi) is 5.21. The number of nitrogens with one attached hydrogen (secondary N) is 1. The third-order valence-corrected chi connectivity index (χ3v) is 3.98. The maximum atomic E-state index is 5.59. The van der Waals surface area contributed by atoms with Crippen molar-refractivity contribution in [3.63, 3.8) is 0 Å². The summed E-state index contributed by atoms with van der Waals surface area (Å²) < 4.78 is 6.71. The molecule has 3 heteroatoms. The van der Waals surface area contributed by atoms with Crippen LogP contribution in [0.25, 0.3) is 0 Å². The molecule has 2 aromatic carbocycles. The summed E-state index contributed by atoms with van der Waals surface area (Å²) in [7, 11) is 1.98. The van der Waals surface area contributed by atoms with Crippen LogP contribution < -0.4 is 10.1 Å². The standard InChI is InChI=1S/C17H20BrNO/c1-4-20-14-7-5-6-13(11-14)17(19-3)15-10-12(2)8-9-16(15)18/h5-11,17,19H,4H2,1-3H3. The fraction of sp³-hybridized carbons (Fsp3) is 0.294. The molecule has 2 rings (SSSR count). The summed E-state index contributed by atoms with van der Waals surface area (Å²) in [5, 5.41) is 3.39. The lowest BCUT2D eigenvalue weighted by Gasteiger charge is -2.20. The van der Waals surface area contributed by atoms with Crippen LogP contribution in [0.4, 0.5) is 0 Å². The van der Waals surface area contributed by atoms with E-state index in [-0.39, 0.29) is 6.04 Å². The maximum absolute atomic E-state index is 5.59. The number of ether oxygens (including phenoxy) is 1. The third kappa shape index (κ3) is 3.41. The number of hydrogen-bond donors (Lipinski definition) is 1. The van der Waals surface area contributed by atoms with Crippen LogP contribution in [0.2, 0.25) is 0 Å². The van der Waals surface area contributed by atoms with Crippen LogP contribution in [0, 0.1) is 6.92 Å². The maximum Gasteiger partial charge on any atom is 0.119 e. The minimum absolute atomic E-state index is 0.143. The van der Waals surface area contributed by atoms with Gasteiger partial charge in [-0.2, -0.15) is 0 Å². The van der Waals surface area contributed by atoms with E-state index in [1.165, 1.54) is 16.7 Å². The summed E-state index contributed by atoms with van der Waals surface area (Å²) in [6, 6.07) is 14.8. The first-order valence-corrected chi connectivity index (χ1v) is 7.61. The highest BCUT2D eigenvalue weighted by Gasteiger charge is 2.15. The Morgan fingerprint density at radius 2 is 2.00 bits per heavy atom. The molecule has 0 aliphatic carbocycles. The van der Waals surface area contributed by atoms with Crippen molar-refractivity contribution in [2.24, 2.45) is 0 Å². The molecule has 0 saturated heterocycles. The Bertz CT molecular complexity index is 583. The zero-order chi connectivity index (χ0) is 14.5. The zero-order valence-corrected chi connectivity index (χ0v) is 13.7. The molecule has 0 amide bonds. The number of aryl methyl sites for hydroxylation is 1. The quantitative estimate of drug-likeness (QED) is 0.871. The number of hydrogen-bond acceptors (Lipinski definition) is 2. The number of benzene rings is 2. The fourth-order valence-corrected chi connectivity index (χ4v) is 2.81. The van der Waals surface area contributed by atoms with Gasteiger partial charge < -0.3 is 10.1 Å². The molecule has 0 fully saturated rings. The molecule has 2 aromatic rings. The van der Waals surface area contributed by atoms with Crippen LogP contribution in [0.15, 0.2) is 46.9 Å². The molecule has 0 radical (unpaired) electrons. The molecule has 1 atom stereocenters. The second kappa shape index (κ2) is 6.91. The van der Waals surface area contributed by atoms with Crippen LogP contribution in [0.5, 0.6) is 5.75 Å². The molecule has 0 heterocycles. The van der Waals surface area contributed by atoms with Crippen molar-refractivity contribution in [2.45, 2.75) is 19.9 Å². The average molecular weight is 334 g/mol. The third-order valence-electron chi connectivity index (χ3n) is 3.25. The molecule has 0 aliphatic heterocycles. The Morgan fingerprint density at radius 1 is 1.20 bits per heavy atom. The van der Waals surface area contributed by atoms with Crippen molar-refractivity contribution in [3.8, 4) is 5.75 Å². The van der Waals surface area contributed by atoms with E-state index in [1.54, 1.807) is 0 Å². The molecule has 0 spiro atoms. The summed E-state index contributed by atoms with van der Waals surface area (Å²) >= 11 is 3.65. The van der Waals surface area contributed by atoms with Gasteiger partial charge in [0.25, 0.3) is 0 Å². The molecule has 0 aromatic heterocycles. The Morgan fingerprint density at radius 3 is 2.70 bits per heavy atom. The number of halogens is 1. The van der Waals surface area contributed by atoms with Gasteiger partial charge in [-0.3, -0.25) is 0 Å². The molecule has 1 unspecified atom stereocenters. The highest BCUT2D eigenvalue weighted by Crippen LogP contribution is 2.30. The topological polar surface area (TPSA) is 21.3 Å². The first-order chi connectivity index (χ1) is 9.65. The Balaban J connectivity index is 2.41. The second-order valence-corrected chi connectivity index (χ2v) is 5.61. The van der Waals surface area contributed by atoms with Gasteiger partial charge in [0.05, 0.1) is 12.6 Å². The van der Waals surface area contributed by atoms with E-state index in [0.29, 0.717) is 6.61 Å². The molecule has 1 N–H and O–H groups in total. The molecular formula is C17H20BrNO. The summed E-state index contributed by atoms with van der Waals surface area (Å²) in [6.45, 7) is 4.79. The highest BCUT2D eigenvalue weighted by molar-refractivity contribution is 9.10. The van der Waals surface area contributed by atoms with E-state index in [2.05, 4.69) is 58.5 Å². The van der Waals surface area contributed by atoms with E-state index in [0.717, 1.165) is 10.2 Å². The molecule has 20 heavy (non-hydrogen) atoms. The monoisotopic (exact) mass is 333 g/mol. The molecule has 0 aliphatic rings. The van der Waals surface area contributed by atoms with Crippen LogP contribution >= 0.6 is 15.9 Å². The number of rotatable bonds is 5. The predicted molar refractivity (Wildman–Crippen MR) is 87.4 cm³/mol. The van der Waals surface area contributed by atoms with Gasteiger partial charge in [0, 0.05) is 4.47 Å². The van der Waals surface area contributed by atoms with Crippen molar-refractivity contribution in [3.05, 3.63) is 63.6 Å². The normalized spacial score (nSPS) is 12.2. The van der Waals surface area contributed by atoms with Crippen LogP contribution in [0.3, 0.4) is 0 Å². The molecule has 0 saturated carbocycles. The minimum Gasteiger partial charge on any atom is -0.494 e. The van der Waals surface area contributed by atoms with E-state index < -0.39 is 0 Å². The van der Waals surface area contributed by atoms with Gasteiger partial charge in [0.15, 0.2) is 0 Å². The average Bonchev–Trinajstić information content (AvgIpc) is 2.44. The molecule has 106 valence electrons. The van der Waals surface area contributed by atoms with E-state index in [1.807, 2.05) is 26.1 Å². The van der Waals surface area contributed by atoms with Crippen LogP contribution in [-0.4, -0.2) is 13.7 Å². The van der Waals surface area contributed by atoms with Gasteiger partial charge in [-0.1, -0.05) is 45.8 Å². The molecule has 2 nitrogen and oxygen atoms in total. The Hall–Kier alpha value is -1.32. The molecule has 0 bridgehead atoms. The summed E-state index contributed by atoms with van der Waals surface area (Å²) in [6.07, 6.45) is 0. The lowest BCUT2D eigenvalue weighted by Crippen LogP contribution is -2.18. The van der Waals surface area contributed by atoms with E-state index >= 15 is 0 Å². The van der Waals surface area contributed by atoms with Gasteiger partial charge >= 0.3 is 0 Å². The first-order valence-electron chi connectivity index (χ1n) is 6.81. The predicted octanol–water partition coefficient (Wildman–Crippen LogP) is 4.47. The minimum atomic E-state index is 0.143. The van der Waals surface area contributed by atoms with Crippen molar-refractivity contribution < 1.29 is 4.74 Å². The second-order valence-electron chi connectivity index (χ2n) is 4.75. The first kappa shape index (κ1) is 15.1. The zero-order valence-electron chi connectivity index (χ0n) is 12.1. The van der Waals surface area contributed by atoms with E-state index in [4.69, 9.17) is 4.74 Å². The van der Waals surface area contributed by atoms with Crippen molar-refractivity contribution >= 4 is 15.9 Å². The largest absolute Gasteiger partial charge is 0.494 e. The van der Waals surface area contributed by atoms with Gasteiger partial charge in [-0.05, 0) is 50.2 Å². The lowest BCUT2D eigenvalue weighted by atomic mass is 9.97. The lowest BCUT2D eigenvalue weighted by molar-refractivity contribution is 0.339. The van der Waals surface area contributed by atoms with Crippen molar-refractivity contribution in [1.29, 1.82) is 0 Å². The van der Waals surface area contributed by atoms with Gasteiger partial charge in [0.2, 0.25) is 0 Å². The smallest absolute Gasteiger partial charge is 0.119 e. The van der Waals surface area contributed by atoms with Crippen LogP contribution in [0.1, 0.15) is 29.7 Å². The van der Waals surface area contributed by atoms with Crippen molar-refractivity contribution in [2.75, 3.05) is 13.7 Å². The summed E-state index contributed by atoms with van der Waals surface area (Å²) in [5.74, 6) is 0.911. The highest BCUT2D eigenvalue weighted by atomic mass is 79.9. The van der Waals surface area contributed by atoms with Crippen LogP contribution in [-0.2, 0) is 0 Å². The van der Waals surface area contributed by atoms with Crippen molar-refractivity contribution in [1.82, 2.24) is 5.32 Å². The summed E-state index contributed by atoms with van der Waals surface area (Å²) in [4.78, 5) is 0. The SMILES string of the molecule is CCOc1cccc(C(NC)c2cc(C)ccc2Br)c1.